The summed E-state index contributed by atoms with van der Waals surface area (Å²) in [6.07, 6.45) is 4.12. The van der Waals surface area contributed by atoms with E-state index in [-0.39, 0.29) is 23.6 Å². The molecule has 7 heteroatoms. The van der Waals surface area contributed by atoms with Crippen LogP contribution >= 0.6 is 0 Å². The van der Waals surface area contributed by atoms with Crippen LogP contribution in [-0.2, 0) is 4.79 Å². The molecule has 2 N–H and O–H groups in total. The Balaban J connectivity index is 1.59. The maximum absolute atomic E-state index is 12.2. The number of pyridine rings is 1. The molecule has 0 aromatic carbocycles. The number of aromatic nitrogens is 2. The van der Waals surface area contributed by atoms with Gasteiger partial charge in [0.25, 0.3) is 5.91 Å². The summed E-state index contributed by atoms with van der Waals surface area (Å²) in [6, 6.07) is 6.94. The molecule has 0 radical (unpaired) electrons. The predicted octanol–water partition coefficient (Wildman–Crippen LogP) is 2.11. The van der Waals surface area contributed by atoms with Gasteiger partial charge in [0, 0.05) is 18.3 Å². The molecular formula is C16H17N3O4. The third kappa shape index (κ3) is 3.56. The molecule has 0 aliphatic heterocycles. The Hall–Kier alpha value is -2.70. The fraction of sp³-hybridized carbons (Fsp3) is 0.375. The van der Waals surface area contributed by atoms with Crippen LogP contribution in [0.15, 0.2) is 35.0 Å². The van der Waals surface area contributed by atoms with Gasteiger partial charge < -0.3 is 14.9 Å². The van der Waals surface area contributed by atoms with E-state index in [4.69, 9.17) is 9.63 Å². The van der Waals surface area contributed by atoms with Crippen LogP contribution in [0.5, 0.6) is 0 Å². The highest BCUT2D eigenvalue weighted by atomic mass is 16.5. The first kappa shape index (κ1) is 15.2. The first-order chi connectivity index (χ1) is 11.1. The van der Waals surface area contributed by atoms with E-state index >= 15 is 0 Å². The molecule has 3 rings (SSSR count). The van der Waals surface area contributed by atoms with Crippen molar-refractivity contribution in [1.29, 1.82) is 0 Å². The molecule has 23 heavy (non-hydrogen) atoms. The minimum absolute atomic E-state index is 0.0264. The molecule has 0 unspecified atom stereocenters. The normalized spacial score (nSPS) is 20.9. The van der Waals surface area contributed by atoms with Gasteiger partial charge in [-0.05, 0) is 37.8 Å². The van der Waals surface area contributed by atoms with Gasteiger partial charge in [0.15, 0.2) is 0 Å². The highest BCUT2D eigenvalue weighted by molar-refractivity contribution is 5.92. The van der Waals surface area contributed by atoms with E-state index in [0.717, 1.165) is 0 Å². The number of nitrogens with one attached hydrogen (secondary N) is 1. The van der Waals surface area contributed by atoms with Crippen molar-refractivity contribution in [1.82, 2.24) is 15.5 Å². The Labute approximate surface area is 132 Å². The second-order valence-corrected chi connectivity index (χ2v) is 5.65. The van der Waals surface area contributed by atoms with Crippen molar-refractivity contribution in [3.8, 4) is 11.4 Å². The quantitative estimate of drug-likeness (QED) is 0.895. The lowest BCUT2D eigenvalue weighted by molar-refractivity contribution is -0.142. The van der Waals surface area contributed by atoms with Crippen LogP contribution < -0.4 is 5.32 Å². The number of nitrogens with zero attached hydrogens (tertiary/aromatic N) is 2. The topological polar surface area (TPSA) is 105 Å². The zero-order valence-corrected chi connectivity index (χ0v) is 12.4. The van der Waals surface area contributed by atoms with Gasteiger partial charge in [-0.2, -0.15) is 0 Å². The standard InChI is InChI=1S/C16H17N3O4/c20-15(18-11-6-4-10(5-7-11)16(21)22)14-9-13(19-23-14)12-3-1-2-8-17-12/h1-3,8-11H,4-7H2,(H,18,20)(H,21,22). The van der Waals surface area contributed by atoms with E-state index in [2.05, 4.69) is 15.5 Å². The molecular weight excluding hydrogens is 298 g/mol. The zero-order valence-electron chi connectivity index (χ0n) is 12.4. The molecule has 2 heterocycles. The van der Waals surface area contributed by atoms with Crippen molar-refractivity contribution in [3.05, 3.63) is 36.2 Å². The zero-order chi connectivity index (χ0) is 16.2. The number of carbonyl (C=O) groups is 2. The lowest BCUT2D eigenvalue weighted by Gasteiger charge is -2.26. The number of amides is 1. The molecule has 0 saturated heterocycles. The van der Waals surface area contributed by atoms with Crippen LogP contribution in [0.2, 0.25) is 0 Å². The average Bonchev–Trinajstić information content (AvgIpc) is 3.06. The predicted molar refractivity (Wildman–Crippen MR) is 80.6 cm³/mol. The number of carboxylic acid groups (broad SMARTS) is 1. The minimum Gasteiger partial charge on any atom is -0.481 e. The molecule has 7 nitrogen and oxygen atoms in total. The number of hydrogen-bond donors (Lipinski definition) is 2. The van der Waals surface area contributed by atoms with Gasteiger partial charge in [-0.3, -0.25) is 14.6 Å². The Morgan fingerprint density at radius 2 is 1.96 bits per heavy atom. The van der Waals surface area contributed by atoms with Crippen LogP contribution in [0, 0.1) is 5.92 Å². The second kappa shape index (κ2) is 6.60. The largest absolute Gasteiger partial charge is 0.481 e. The highest BCUT2D eigenvalue weighted by Crippen LogP contribution is 2.25. The van der Waals surface area contributed by atoms with E-state index < -0.39 is 5.97 Å². The number of hydrogen-bond acceptors (Lipinski definition) is 5. The third-order valence-electron chi connectivity index (χ3n) is 4.07. The molecule has 2 aromatic rings. The van der Waals surface area contributed by atoms with Gasteiger partial charge in [0.1, 0.15) is 5.69 Å². The van der Waals surface area contributed by atoms with Gasteiger partial charge >= 0.3 is 5.97 Å². The van der Waals surface area contributed by atoms with E-state index in [1.165, 1.54) is 0 Å². The maximum Gasteiger partial charge on any atom is 0.306 e. The summed E-state index contributed by atoms with van der Waals surface area (Å²) in [6.45, 7) is 0. The van der Waals surface area contributed by atoms with Gasteiger partial charge in [-0.1, -0.05) is 11.2 Å². The second-order valence-electron chi connectivity index (χ2n) is 5.65. The molecule has 1 fully saturated rings. The van der Waals surface area contributed by atoms with E-state index in [1.807, 2.05) is 6.07 Å². The van der Waals surface area contributed by atoms with E-state index in [9.17, 15) is 9.59 Å². The van der Waals surface area contributed by atoms with Crippen molar-refractivity contribution in [2.45, 2.75) is 31.7 Å². The molecule has 0 spiro atoms. The SMILES string of the molecule is O=C(NC1CCC(C(=O)O)CC1)c1cc(-c2ccccn2)no1. The Kier molecular flexibility index (Phi) is 4.36. The van der Waals surface area contributed by atoms with Gasteiger partial charge in [0.05, 0.1) is 11.6 Å². The van der Waals surface area contributed by atoms with Crippen LogP contribution in [0.1, 0.15) is 36.2 Å². The summed E-state index contributed by atoms with van der Waals surface area (Å²) in [7, 11) is 0. The molecule has 1 aliphatic carbocycles. The number of carbonyl (C=O) groups excluding carboxylic acids is 1. The molecule has 2 aromatic heterocycles. The van der Waals surface area contributed by atoms with Crippen LogP contribution in [-0.4, -0.2) is 33.2 Å². The summed E-state index contributed by atoms with van der Waals surface area (Å²) >= 11 is 0. The maximum atomic E-state index is 12.2. The third-order valence-corrected chi connectivity index (χ3v) is 4.07. The smallest absolute Gasteiger partial charge is 0.306 e. The molecule has 0 bridgehead atoms. The molecule has 1 amide bonds. The Morgan fingerprint density at radius 1 is 1.17 bits per heavy atom. The van der Waals surface area contributed by atoms with Crippen LogP contribution in [0.4, 0.5) is 0 Å². The molecule has 120 valence electrons. The van der Waals surface area contributed by atoms with Crippen molar-refractivity contribution in [2.24, 2.45) is 5.92 Å². The fourth-order valence-electron chi connectivity index (χ4n) is 2.76. The Bertz CT molecular complexity index is 690. The van der Waals surface area contributed by atoms with Gasteiger partial charge in [-0.15, -0.1) is 0 Å². The number of rotatable bonds is 4. The van der Waals surface area contributed by atoms with Crippen molar-refractivity contribution in [2.75, 3.05) is 0 Å². The Morgan fingerprint density at radius 3 is 2.61 bits per heavy atom. The van der Waals surface area contributed by atoms with Crippen molar-refractivity contribution in [3.63, 3.8) is 0 Å². The van der Waals surface area contributed by atoms with Gasteiger partial charge in [-0.25, -0.2) is 0 Å². The first-order valence-electron chi connectivity index (χ1n) is 7.55. The monoisotopic (exact) mass is 315 g/mol. The number of aliphatic carboxylic acids is 1. The number of carboxylic acids is 1. The van der Waals surface area contributed by atoms with Crippen LogP contribution in [0.25, 0.3) is 11.4 Å². The molecule has 1 saturated carbocycles. The van der Waals surface area contributed by atoms with E-state index in [0.29, 0.717) is 37.1 Å². The van der Waals surface area contributed by atoms with Crippen LogP contribution in [0.3, 0.4) is 0 Å². The molecule has 0 atom stereocenters. The average molecular weight is 315 g/mol. The highest BCUT2D eigenvalue weighted by Gasteiger charge is 2.27. The summed E-state index contributed by atoms with van der Waals surface area (Å²) < 4.78 is 5.09. The summed E-state index contributed by atoms with van der Waals surface area (Å²) in [5.74, 6) is -1.27. The summed E-state index contributed by atoms with van der Waals surface area (Å²) in [4.78, 5) is 27.3. The first-order valence-corrected chi connectivity index (χ1v) is 7.55. The van der Waals surface area contributed by atoms with Crippen molar-refractivity contribution < 1.29 is 19.2 Å². The lowest BCUT2D eigenvalue weighted by atomic mass is 9.86. The molecule has 1 aliphatic rings. The lowest BCUT2D eigenvalue weighted by Crippen LogP contribution is -2.38. The summed E-state index contributed by atoms with van der Waals surface area (Å²) in [5, 5.41) is 15.7. The van der Waals surface area contributed by atoms with Gasteiger partial charge in [0.2, 0.25) is 5.76 Å². The minimum atomic E-state index is -0.759. The van der Waals surface area contributed by atoms with Crippen molar-refractivity contribution >= 4 is 11.9 Å². The fourth-order valence-corrected chi connectivity index (χ4v) is 2.76. The van der Waals surface area contributed by atoms with E-state index in [1.54, 1.807) is 24.4 Å². The summed E-state index contributed by atoms with van der Waals surface area (Å²) in [5.41, 5.74) is 1.14.